The van der Waals surface area contributed by atoms with Crippen molar-refractivity contribution in [3.8, 4) is 0 Å². The van der Waals surface area contributed by atoms with E-state index in [2.05, 4.69) is 20.9 Å². The maximum atomic E-state index is 12.8. The highest BCUT2D eigenvalue weighted by Crippen LogP contribution is 2.25. The lowest BCUT2D eigenvalue weighted by Crippen LogP contribution is -2.42. The molecule has 0 bridgehead atoms. The number of aromatic amines is 1. The van der Waals surface area contributed by atoms with Gasteiger partial charge in [0.05, 0.1) is 17.4 Å². The first-order valence-electron chi connectivity index (χ1n) is 14.6. The van der Waals surface area contributed by atoms with Gasteiger partial charge < -0.3 is 25.5 Å². The highest BCUT2D eigenvalue weighted by molar-refractivity contribution is 5.95. The second-order valence-corrected chi connectivity index (χ2v) is 10.5. The molecule has 1 aromatic heterocycles. The molecule has 10 nitrogen and oxygen atoms in total. The fourth-order valence-electron chi connectivity index (χ4n) is 4.79. The van der Waals surface area contributed by atoms with Gasteiger partial charge in [0.25, 0.3) is 0 Å². The second-order valence-electron chi connectivity index (χ2n) is 10.5. The molecule has 0 saturated heterocycles. The van der Waals surface area contributed by atoms with E-state index in [0.717, 1.165) is 33.2 Å². The Labute approximate surface area is 260 Å². The van der Waals surface area contributed by atoms with Gasteiger partial charge in [-0.2, -0.15) is 0 Å². The topological polar surface area (TPSA) is 148 Å². The highest BCUT2D eigenvalue weighted by atomic mass is 16.6. The molecular weight excluding hydrogens is 570 g/mol. The Morgan fingerprint density at radius 1 is 0.711 bits per heavy atom. The van der Waals surface area contributed by atoms with Crippen molar-refractivity contribution < 1.29 is 23.9 Å². The van der Waals surface area contributed by atoms with E-state index in [9.17, 15) is 14.4 Å². The first kappa shape index (κ1) is 30.8. The van der Waals surface area contributed by atoms with E-state index in [0.29, 0.717) is 30.8 Å². The third-order valence-electron chi connectivity index (χ3n) is 7.15. The van der Waals surface area contributed by atoms with Crippen molar-refractivity contribution in [2.24, 2.45) is 5.73 Å². The summed E-state index contributed by atoms with van der Waals surface area (Å²) in [5, 5.41) is 9.34. The number of rotatable bonds is 12. The van der Waals surface area contributed by atoms with Crippen LogP contribution in [0.4, 0.5) is 21.0 Å². The van der Waals surface area contributed by atoms with Crippen LogP contribution in [0.15, 0.2) is 109 Å². The van der Waals surface area contributed by atoms with Crippen LogP contribution in [0.1, 0.15) is 22.3 Å². The summed E-state index contributed by atoms with van der Waals surface area (Å²) in [4.78, 5) is 41.2. The van der Waals surface area contributed by atoms with Crippen LogP contribution >= 0.6 is 0 Å². The number of para-hydroxylation sites is 1. The molecule has 0 aliphatic carbocycles. The normalized spacial score (nSPS) is 11.4. The number of ether oxygens (including phenoxy) is 2. The predicted octanol–water partition coefficient (Wildman–Crippen LogP) is 5.89. The molecule has 0 fully saturated rings. The molecular formula is C35H35N5O5. The van der Waals surface area contributed by atoms with Gasteiger partial charge in [0.2, 0.25) is 5.91 Å². The molecule has 6 N–H and O–H groups in total. The van der Waals surface area contributed by atoms with Gasteiger partial charge >= 0.3 is 12.2 Å². The Kier molecular flexibility index (Phi) is 10.4. The second kappa shape index (κ2) is 15.2. The Hall–Kier alpha value is -5.61. The molecule has 0 radical (unpaired) electrons. The summed E-state index contributed by atoms with van der Waals surface area (Å²) in [5.41, 5.74) is 11.3. The molecule has 1 heterocycles. The Morgan fingerprint density at radius 3 is 1.98 bits per heavy atom. The Morgan fingerprint density at radius 2 is 1.31 bits per heavy atom. The number of H-pyrrole nitrogens is 1. The summed E-state index contributed by atoms with van der Waals surface area (Å²) in [6.45, 7) is 0.498. The Bertz CT molecular complexity index is 1740. The first-order valence-corrected chi connectivity index (χ1v) is 14.6. The molecule has 0 aliphatic heterocycles. The minimum absolute atomic E-state index is 0.0824. The van der Waals surface area contributed by atoms with E-state index < -0.39 is 18.2 Å². The van der Waals surface area contributed by atoms with Crippen molar-refractivity contribution in [3.63, 3.8) is 0 Å². The van der Waals surface area contributed by atoms with Crippen LogP contribution in [0, 0.1) is 0 Å². The molecule has 0 spiro atoms. The lowest BCUT2D eigenvalue weighted by molar-refractivity contribution is -0.122. The fourth-order valence-corrected chi connectivity index (χ4v) is 4.79. The average Bonchev–Trinajstić information content (AvgIpc) is 3.47. The Balaban J connectivity index is 1.19. The number of anilines is 2. The summed E-state index contributed by atoms with van der Waals surface area (Å²) in [6, 6.07) is 30.9. The zero-order chi connectivity index (χ0) is 31.4. The average molecular weight is 606 g/mol. The van der Waals surface area contributed by atoms with Crippen LogP contribution in [0.5, 0.6) is 0 Å². The van der Waals surface area contributed by atoms with Gasteiger partial charge in [-0.05, 0) is 53.3 Å². The molecule has 4 aromatic carbocycles. The quantitative estimate of drug-likeness (QED) is 0.120. The molecule has 3 amide bonds. The number of carbonyl (C=O) groups is 3. The summed E-state index contributed by atoms with van der Waals surface area (Å²) in [7, 11) is 0. The molecule has 5 aromatic rings. The molecule has 1 atom stereocenters. The van der Waals surface area contributed by atoms with Gasteiger partial charge in [-0.1, -0.05) is 84.9 Å². The summed E-state index contributed by atoms with van der Waals surface area (Å²) >= 11 is 0. The van der Waals surface area contributed by atoms with Crippen molar-refractivity contribution in [1.82, 2.24) is 10.3 Å². The maximum Gasteiger partial charge on any atom is 0.412 e. The SMILES string of the molecule is N[C@@H](Cc1c[nH]c2ccccc12)C(=O)NCCc1ccc(NC(=O)OCc2ccccc2)c(NC(=O)OCc2ccccc2)c1. The van der Waals surface area contributed by atoms with Gasteiger partial charge in [0, 0.05) is 23.6 Å². The zero-order valence-corrected chi connectivity index (χ0v) is 24.6. The van der Waals surface area contributed by atoms with Crippen molar-refractivity contribution in [3.05, 3.63) is 132 Å². The first-order chi connectivity index (χ1) is 21.9. The number of hydrogen-bond acceptors (Lipinski definition) is 6. The van der Waals surface area contributed by atoms with Crippen LogP contribution < -0.4 is 21.7 Å². The van der Waals surface area contributed by atoms with Gasteiger partial charge in [0.15, 0.2) is 0 Å². The van der Waals surface area contributed by atoms with Gasteiger partial charge in [0.1, 0.15) is 13.2 Å². The number of aromatic nitrogens is 1. The molecule has 5 rings (SSSR count). The van der Waals surface area contributed by atoms with Crippen molar-refractivity contribution >= 4 is 40.4 Å². The number of carbonyl (C=O) groups excluding carboxylic acids is 3. The van der Waals surface area contributed by atoms with Crippen molar-refractivity contribution in [1.29, 1.82) is 0 Å². The minimum Gasteiger partial charge on any atom is -0.444 e. The highest BCUT2D eigenvalue weighted by Gasteiger charge is 2.17. The third kappa shape index (κ3) is 8.94. The summed E-state index contributed by atoms with van der Waals surface area (Å²) in [5.74, 6) is -0.262. The third-order valence-corrected chi connectivity index (χ3v) is 7.15. The van der Waals surface area contributed by atoms with Crippen LogP contribution in [-0.2, 0) is 40.3 Å². The largest absolute Gasteiger partial charge is 0.444 e. The van der Waals surface area contributed by atoms with Gasteiger partial charge in [-0.3, -0.25) is 15.4 Å². The maximum absolute atomic E-state index is 12.8. The monoisotopic (exact) mass is 605 g/mol. The molecule has 0 unspecified atom stereocenters. The fraction of sp³-hybridized carbons (Fsp3) is 0.171. The lowest BCUT2D eigenvalue weighted by atomic mass is 10.0. The van der Waals surface area contributed by atoms with Crippen molar-refractivity contribution in [2.45, 2.75) is 32.1 Å². The number of nitrogens with two attached hydrogens (primary N) is 1. The van der Waals surface area contributed by atoms with Crippen LogP contribution in [0.2, 0.25) is 0 Å². The molecule has 0 aliphatic rings. The van der Waals surface area contributed by atoms with Crippen LogP contribution in [0.25, 0.3) is 10.9 Å². The molecule has 0 saturated carbocycles. The molecule has 230 valence electrons. The van der Waals surface area contributed by atoms with Gasteiger partial charge in [-0.15, -0.1) is 0 Å². The number of amides is 3. The molecule has 45 heavy (non-hydrogen) atoms. The van der Waals surface area contributed by atoms with E-state index in [1.54, 1.807) is 18.2 Å². The van der Waals surface area contributed by atoms with Gasteiger partial charge in [-0.25, -0.2) is 9.59 Å². The number of fused-ring (bicyclic) bond motifs is 1. The zero-order valence-electron chi connectivity index (χ0n) is 24.6. The van der Waals surface area contributed by atoms with E-state index in [1.165, 1.54) is 0 Å². The van der Waals surface area contributed by atoms with E-state index in [-0.39, 0.29) is 19.1 Å². The summed E-state index contributed by atoms with van der Waals surface area (Å²) in [6.07, 6.45) is 1.37. The number of nitrogens with one attached hydrogen (secondary N) is 4. The van der Waals surface area contributed by atoms with Crippen LogP contribution in [-0.4, -0.2) is 35.7 Å². The minimum atomic E-state index is -0.714. The number of benzene rings is 4. The van der Waals surface area contributed by atoms with E-state index in [1.807, 2.05) is 91.1 Å². The number of hydrogen-bond donors (Lipinski definition) is 5. The van der Waals surface area contributed by atoms with Crippen molar-refractivity contribution in [2.75, 3.05) is 17.2 Å². The predicted molar refractivity (Wildman–Crippen MR) is 174 cm³/mol. The summed E-state index contributed by atoms with van der Waals surface area (Å²) < 4.78 is 10.7. The molecule has 10 heteroatoms. The smallest absolute Gasteiger partial charge is 0.412 e. The van der Waals surface area contributed by atoms with E-state index >= 15 is 0 Å². The lowest BCUT2D eigenvalue weighted by Gasteiger charge is -2.15. The standard InChI is InChI=1S/C35H35N5O5/c36-29(20-27-21-38-30-14-8-7-13-28(27)30)33(41)37-18-17-24-15-16-31(39-34(42)44-22-25-9-3-1-4-10-25)32(19-24)40-35(43)45-23-26-11-5-2-6-12-26/h1-16,19,21,29,38H,17-18,20,22-23,36H2,(H,37,41)(H,39,42)(H,40,43)/t29-/m0/s1. The van der Waals surface area contributed by atoms with E-state index in [4.69, 9.17) is 15.2 Å². The van der Waals surface area contributed by atoms with Crippen LogP contribution in [0.3, 0.4) is 0 Å².